The SMILES string of the molecule is CC(C)(C)c1ccc(OCc2nc(CC(=O)NCCc3cccs3)n[nH]2)cc1. The van der Waals surface area contributed by atoms with E-state index in [1.54, 1.807) is 11.3 Å². The van der Waals surface area contributed by atoms with Crippen LogP contribution in [0.15, 0.2) is 41.8 Å². The summed E-state index contributed by atoms with van der Waals surface area (Å²) in [6.45, 7) is 7.43. The molecule has 0 saturated heterocycles. The Labute approximate surface area is 169 Å². The van der Waals surface area contributed by atoms with Gasteiger partial charge < -0.3 is 10.1 Å². The molecule has 0 radical (unpaired) electrons. The summed E-state index contributed by atoms with van der Waals surface area (Å²) >= 11 is 1.69. The number of H-pyrrole nitrogens is 1. The van der Waals surface area contributed by atoms with Crippen LogP contribution in [0.1, 0.15) is 42.9 Å². The van der Waals surface area contributed by atoms with Crippen LogP contribution in [0.5, 0.6) is 5.75 Å². The highest BCUT2D eigenvalue weighted by atomic mass is 32.1. The lowest BCUT2D eigenvalue weighted by molar-refractivity contribution is -0.120. The van der Waals surface area contributed by atoms with Crippen LogP contribution in [-0.2, 0) is 29.7 Å². The minimum atomic E-state index is -0.0826. The molecule has 0 bridgehead atoms. The Kier molecular flexibility index (Phi) is 6.46. The average molecular weight is 399 g/mol. The molecule has 0 unspecified atom stereocenters. The third-order valence-electron chi connectivity index (χ3n) is 4.27. The molecule has 0 spiro atoms. The number of nitrogens with zero attached hydrogens (tertiary/aromatic N) is 2. The summed E-state index contributed by atoms with van der Waals surface area (Å²) in [5.74, 6) is 1.76. The van der Waals surface area contributed by atoms with E-state index >= 15 is 0 Å². The summed E-state index contributed by atoms with van der Waals surface area (Å²) in [6.07, 6.45) is 0.992. The molecule has 7 heteroatoms. The van der Waals surface area contributed by atoms with Crippen molar-refractivity contribution in [1.82, 2.24) is 20.5 Å². The fourth-order valence-corrected chi connectivity index (χ4v) is 3.38. The highest BCUT2D eigenvalue weighted by Crippen LogP contribution is 2.24. The van der Waals surface area contributed by atoms with Gasteiger partial charge in [-0.05, 0) is 41.0 Å². The number of hydrogen-bond acceptors (Lipinski definition) is 5. The lowest BCUT2D eigenvalue weighted by Gasteiger charge is -2.19. The number of benzene rings is 1. The second kappa shape index (κ2) is 9.01. The molecule has 1 aromatic carbocycles. The van der Waals surface area contributed by atoms with E-state index in [0.29, 0.717) is 18.2 Å². The third-order valence-corrected chi connectivity index (χ3v) is 5.20. The molecular formula is C21H26N4O2S. The topological polar surface area (TPSA) is 79.9 Å². The number of aromatic amines is 1. The molecule has 148 valence electrons. The molecule has 2 N–H and O–H groups in total. The maximum absolute atomic E-state index is 12.0. The van der Waals surface area contributed by atoms with Crippen LogP contribution in [0.2, 0.25) is 0 Å². The van der Waals surface area contributed by atoms with Gasteiger partial charge in [-0.1, -0.05) is 39.0 Å². The van der Waals surface area contributed by atoms with Gasteiger partial charge in [-0.25, -0.2) is 4.98 Å². The van der Waals surface area contributed by atoms with Crippen LogP contribution in [0, 0.1) is 0 Å². The number of nitrogens with one attached hydrogen (secondary N) is 2. The Hall–Kier alpha value is -2.67. The van der Waals surface area contributed by atoms with Gasteiger partial charge in [-0.15, -0.1) is 11.3 Å². The molecule has 0 aliphatic heterocycles. The van der Waals surface area contributed by atoms with Crippen LogP contribution in [0.25, 0.3) is 0 Å². The number of thiophene rings is 1. The Morgan fingerprint density at radius 2 is 2.00 bits per heavy atom. The second-order valence-electron chi connectivity index (χ2n) is 7.62. The summed E-state index contributed by atoms with van der Waals surface area (Å²) in [5.41, 5.74) is 1.37. The molecule has 3 rings (SSSR count). The highest BCUT2D eigenvalue weighted by molar-refractivity contribution is 7.09. The van der Waals surface area contributed by atoms with Crippen molar-refractivity contribution in [2.24, 2.45) is 0 Å². The lowest BCUT2D eigenvalue weighted by atomic mass is 9.87. The number of ether oxygens (including phenoxy) is 1. The van der Waals surface area contributed by atoms with E-state index in [2.05, 4.69) is 59.5 Å². The summed E-state index contributed by atoms with van der Waals surface area (Å²) in [7, 11) is 0. The summed E-state index contributed by atoms with van der Waals surface area (Å²) in [4.78, 5) is 17.6. The quantitative estimate of drug-likeness (QED) is 0.607. The molecule has 28 heavy (non-hydrogen) atoms. The molecular weight excluding hydrogens is 372 g/mol. The molecule has 0 saturated carbocycles. The van der Waals surface area contributed by atoms with Crippen molar-refractivity contribution in [1.29, 1.82) is 0 Å². The van der Waals surface area contributed by atoms with E-state index in [0.717, 1.165) is 12.2 Å². The maximum Gasteiger partial charge on any atom is 0.227 e. The minimum Gasteiger partial charge on any atom is -0.486 e. The zero-order valence-electron chi connectivity index (χ0n) is 16.5. The van der Waals surface area contributed by atoms with Gasteiger partial charge in [0.15, 0.2) is 11.6 Å². The lowest BCUT2D eigenvalue weighted by Crippen LogP contribution is -2.27. The summed E-state index contributed by atoms with van der Waals surface area (Å²) < 4.78 is 5.75. The predicted molar refractivity (Wildman–Crippen MR) is 111 cm³/mol. The van der Waals surface area contributed by atoms with Crippen LogP contribution in [0.4, 0.5) is 0 Å². The van der Waals surface area contributed by atoms with Gasteiger partial charge in [0.05, 0.1) is 6.42 Å². The fourth-order valence-electron chi connectivity index (χ4n) is 2.67. The Morgan fingerprint density at radius 3 is 2.68 bits per heavy atom. The van der Waals surface area contributed by atoms with E-state index in [-0.39, 0.29) is 24.3 Å². The van der Waals surface area contributed by atoms with Gasteiger partial charge in [-0.2, -0.15) is 5.10 Å². The monoisotopic (exact) mass is 398 g/mol. The minimum absolute atomic E-state index is 0.0826. The molecule has 3 aromatic rings. The van der Waals surface area contributed by atoms with Crippen molar-refractivity contribution in [2.45, 2.75) is 45.6 Å². The van der Waals surface area contributed by atoms with Crippen molar-refractivity contribution >= 4 is 17.2 Å². The van der Waals surface area contributed by atoms with Gasteiger partial charge in [0.2, 0.25) is 5.91 Å². The van der Waals surface area contributed by atoms with Crippen LogP contribution >= 0.6 is 11.3 Å². The van der Waals surface area contributed by atoms with Crippen molar-refractivity contribution < 1.29 is 9.53 Å². The number of carbonyl (C=O) groups excluding carboxylic acids is 1. The largest absolute Gasteiger partial charge is 0.486 e. The third kappa shape index (κ3) is 5.92. The molecule has 0 atom stereocenters. The van der Waals surface area contributed by atoms with Crippen molar-refractivity contribution in [3.05, 3.63) is 63.9 Å². The normalized spacial score (nSPS) is 11.4. The second-order valence-corrected chi connectivity index (χ2v) is 8.65. The van der Waals surface area contributed by atoms with Crippen LogP contribution in [-0.4, -0.2) is 27.6 Å². The molecule has 6 nitrogen and oxygen atoms in total. The number of amides is 1. The van der Waals surface area contributed by atoms with E-state index in [1.807, 2.05) is 23.6 Å². The number of rotatable bonds is 8. The van der Waals surface area contributed by atoms with Gasteiger partial charge in [-0.3, -0.25) is 9.89 Å². The van der Waals surface area contributed by atoms with E-state index < -0.39 is 0 Å². The number of hydrogen-bond donors (Lipinski definition) is 2. The predicted octanol–water partition coefficient (Wildman–Crippen LogP) is 3.64. The van der Waals surface area contributed by atoms with Gasteiger partial charge in [0.1, 0.15) is 12.4 Å². The zero-order valence-corrected chi connectivity index (χ0v) is 17.3. The van der Waals surface area contributed by atoms with E-state index in [9.17, 15) is 4.79 Å². The van der Waals surface area contributed by atoms with Gasteiger partial charge in [0.25, 0.3) is 0 Å². The van der Waals surface area contributed by atoms with E-state index in [4.69, 9.17) is 4.74 Å². The van der Waals surface area contributed by atoms with Crippen LogP contribution < -0.4 is 10.1 Å². The Morgan fingerprint density at radius 1 is 1.21 bits per heavy atom. The van der Waals surface area contributed by atoms with Crippen LogP contribution in [0.3, 0.4) is 0 Å². The molecule has 2 heterocycles. The first-order valence-electron chi connectivity index (χ1n) is 9.33. The molecule has 0 aliphatic rings. The van der Waals surface area contributed by atoms with Gasteiger partial charge in [0, 0.05) is 11.4 Å². The Bertz CT molecular complexity index is 880. The number of carbonyl (C=O) groups is 1. The first-order chi connectivity index (χ1) is 13.4. The Balaban J connectivity index is 1.43. The highest BCUT2D eigenvalue weighted by Gasteiger charge is 2.13. The number of aromatic nitrogens is 3. The fraction of sp³-hybridized carbons (Fsp3) is 0.381. The van der Waals surface area contributed by atoms with Gasteiger partial charge >= 0.3 is 0 Å². The average Bonchev–Trinajstić information content (AvgIpc) is 3.32. The summed E-state index contributed by atoms with van der Waals surface area (Å²) in [6, 6.07) is 12.1. The van der Waals surface area contributed by atoms with Crippen molar-refractivity contribution in [3.8, 4) is 5.75 Å². The first-order valence-corrected chi connectivity index (χ1v) is 10.2. The van der Waals surface area contributed by atoms with Crippen molar-refractivity contribution in [3.63, 3.8) is 0 Å². The van der Waals surface area contributed by atoms with E-state index in [1.165, 1.54) is 10.4 Å². The van der Waals surface area contributed by atoms with Crippen molar-refractivity contribution in [2.75, 3.05) is 6.54 Å². The molecule has 1 amide bonds. The zero-order chi connectivity index (χ0) is 20.0. The standard InChI is InChI=1S/C21H26N4O2S/c1-21(2,3)15-6-8-16(9-7-15)27-14-19-23-18(24-25-19)13-20(26)22-11-10-17-5-4-12-28-17/h4-9,12H,10-11,13-14H2,1-3H3,(H,22,26)(H,23,24,25). The first kappa shape index (κ1) is 20.1. The smallest absolute Gasteiger partial charge is 0.227 e. The summed E-state index contributed by atoms with van der Waals surface area (Å²) in [5, 5.41) is 11.9. The molecule has 0 aliphatic carbocycles. The maximum atomic E-state index is 12.0. The molecule has 2 aromatic heterocycles. The molecule has 0 fully saturated rings.